The van der Waals surface area contributed by atoms with E-state index in [1.807, 2.05) is 49.4 Å². The topological polar surface area (TPSA) is 105 Å². The van der Waals surface area contributed by atoms with Crippen LogP contribution >= 0.6 is 0 Å². The molecule has 2 atom stereocenters. The molecule has 0 aliphatic carbocycles. The van der Waals surface area contributed by atoms with Crippen LogP contribution in [0.5, 0.6) is 5.75 Å². The summed E-state index contributed by atoms with van der Waals surface area (Å²) in [7, 11) is 0. The molecule has 9 heteroatoms. The Kier molecular flexibility index (Phi) is 11.6. The minimum absolute atomic E-state index is 0.00264. The van der Waals surface area contributed by atoms with Gasteiger partial charge in [-0.1, -0.05) is 55.1 Å². The lowest BCUT2D eigenvalue weighted by Gasteiger charge is -2.40. The van der Waals surface area contributed by atoms with Crippen LogP contribution in [-0.2, 0) is 9.59 Å². The highest BCUT2D eigenvalue weighted by Crippen LogP contribution is 2.26. The van der Waals surface area contributed by atoms with Crippen molar-refractivity contribution in [2.75, 3.05) is 32.7 Å². The molecule has 0 bridgehead atoms. The van der Waals surface area contributed by atoms with E-state index in [4.69, 9.17) is 10.5 Å². The monoisotopic (exact) mass is 560 g/mol. The molecule has 1 unspecified atom stereocenters. The Balaban J connectivity index is 0.000000681. The van der Waals surface area contributed by atoms with E-state index in [2.05, 4.69) is 16.8 Å². The Morgan fingerprint density at radius 1 is 1.07 bits per heavy atom. The fraction of sp³-hybridized carbons (Fsp3) is 0.281. The molecule has 4 rings (SSSR count). The highest BCUT2D eigenvalue weighted by atomic mass is 19.1. The summed E-state index contributed by atoms with van der Waals surface area (Å²) in [5, 5.41) is 2.43. The van der Waals surface area contributed by atoms with Gasteiger partial charge in [0.05, 0.1) is 6.54 Å². The Bertz CT molecular complexity index is 1290. The SMILES string of the molecule is C=CC(=O)N1CCN(CC(Oc2ccc(C(=O)NCC(N)=O)cc2)c2ccc(C)c(F)c2)C[C@H]1C.c1ccccc1. The van der Waals surface area contributed by atoms with E-state index in [0.717, 1.165) is 0 Å². The van der Waals surface area contributed by atoms with Crippen molar-refractivity contribution in [3.05, 3.63) is 114 Å². The molecule has 0 aromatic heterocycles. The van der Waals surface area contributed by atoms with E-state index >= 15 is 0 Å². The standard InChI is InChI=1S/C26H31FN4O4.C6H6/c1-4-25(33)31-12-11-30(15-18(31)3)16-23(20-6-5-17(2)22(27)13-20)35-21-9-7-19(8-10-21)26(34)29-14-24(28)32;1-2-4-6-5-3-1/h4-10,13,18,23H,1,11-12,14-16H2,2-3H3,(H2,28,32)(H,29,34);1-6H/t18-,23?;/m1./s1. The van der Waals surface area contributed by atoms with Crippen molar-refractivity contribution in [3.8, 4) is 5.75 Å². The normalized spacial score (nSPS) is 15.6. The third-order valence-electron chi connectivity index (χ3n) is 6.65. The number of nitrogens with one attached hydrogen (secondary N) is 1. The van der Waals surface area contributed by atoms with Crippen molar-refractivity contribution in [2.24, 2.45) is 5.73 Å². The molecule has 3 aromatic carbocycles. The van der Waals surface area contributed by atoms with Gasteiger partial charge in [-0.25, -0.2) is 4.39 Å². The molecule has 1 fully saturated rings. The predicted octanol–water partition coefficient (Wildman–Crippen LogP) is 3.87. The average molecular weight is 561 g/mol. The number of ether oxygens (including phenoxy) is 1. The second-order valence-corrected chi connectivity index (χ2v) is 9.79. The van der Waals surface area contributed by atoms with E-state index in [0.29, 0.717) is 48.6 Å². The molecule has 3 aromatic rings. The summed E-state index contributed by atoms with van der Waals surface area (Å²) in [5.41, 5.74) is 6.65. The van der Waals surface area contributed by atoms with Crippen molar-refractivity contribution in [1.82, 2.24) is 15.1 Å². The molecular formula is C32H37FN4O4. The maximum atomic E-state index is 14.4. The van der Waals surface area contributed by atoms with Crippen LogP contribution in [0, 0.1) is 12.7 Å². The quantitative estimate of drug-likeness (QED) is 0.387. The summed E-state index contributed by atoms with van der Waals surface area (Å²) >= 11 is 0. The molecule has 3 amide bonds. The van der Waals surface area contributed by atoms with Crippen LogP contribution in [0.1, 0.15) is 34.5 Å². The second kappa shape index (κ2) is 15.3. The summed E-state index contributed by atoms with van der Waals surface area (Å²) in [5.74, 6) is -0.947. The first-order chi connectivity index (χ1) is 19.7. The number of hydrogen-bond acceptors (Lipinski definition) is 5. The van der Waals surface area contributed by atoms with Gasteiger partial charge >= 0.3 is 0 Å². The molecule has 216 valence electrons. The van der Waals surface area contributed by atoms with Gasteiger partial charge in [0.15, 0.2) is 0 Å². The number of hydrogen-bond donors (Lipinski definition) is 2. The third-order valence-corrected chi connectivity index (χ3v) is 6.65. The van der Waals surface area contributed by atoms with Crippen molar-refractivity contribution in [1.29, 1.82) is 0 Å². The molecule has 8 nitrogen and oxygen atoms in total. The number of aryl methyl sites for hydroxylation is 1. The summed E-state index contributed by atoms with van der Waals surface area (Å²) in [6.07, 6.45) is 0.846. The number of amides is 3. The fourth-order valence-electron chi connectivity index (χ4n) is 4.40. The van der Waals surface area contributed by atoms with Crippen molar-refractivity contribution in [2.45, 2.75) is 26.0 Å². The van der Waals surface area contributed by atoms with Crippen LogP contribution in [0.4, 0.5) is 4.39 Å². The van der Waals surface area contributed by atoms with Gasteiger partial charge < -0.3 is 20.7 Å². The first-order valence-corrected chi connectivity index (χ1v) is 13.4. The zero-order valence-electron chi connectivity index (χ0n) is 23.5. The van der Waals surface area contributed by atoms with Crippen LogP contribution in [0.15, 0.2) is 91.5 Å². The van der Waals surface area contributed by atoms with Crippen molar-refractivity contribution < 1.29 is 23.5 Å². The maximum absolute atomic E-state index is 14.4. The highest BCUT2D eigenvalue weighted by Gasteiger charge is 2.28. The van der Waals surface area contributed by atoms with Gasteiger partial charge in [0, 0.05) is 37.8 Å². The Labute approximate surface area is 240 Å². The number of primary amides is 1. The van der Waals surface area contributed by atoms with E-state index in [9.17, 15) is 18.8 Å². The fourth-order valence-corrected chi connectivity index (χ4v) is 4.40. The number of carbonyl (C=O) groups excluding carboxylic acids is 3. The van der Waals surface area contributed by atoms with Gasteiger partial charge in [0.1, 0.15) is 17.7 Å². The third kappa shape index (κ3) is 9.58. The zero-order chi connectivity index (χ0) is 29.8. The van der Waals surface area contributed by atoms with Crippen LogP contribution < -0.4 is 15.8 Å². The predicted molar refractivity (Wildman–Crippen MR) is 157 cm³/mol. The van der Waals surface area contributed by atoms with Crippen LogP contribution in [0.25, 0.3) is 0 Å². The summed E-state index contributed by atoms with van der Waals surface area (Å²) in [6.45, 7) is 9.36. The second-order valence-electron chi connectivity index (χ2n) is 9.79. The number of rotatable bonds is 9. The summed E-state index contributed by atoms with van der Waals surface area (Å²) in [6, 6.07) is 23.5. The van der Waals surface area contributed by atoms with E-state index < -0.39 is 17.9 Å². The van der Waals surface area contributed by atoms with Gasteiger partial charge in [-0.15, -0.1) is 0 Å². The maximum Gasteiger partial charge on any atom is 0.251 e. The molecule has 1 heterocycles. The van der Waals surface area contributed by atoms with Gasteiger partial charge in [-0.05, 0) is 61.4 Å². The zero-order valence-corrected chi connectivity index (χ0v) is 23.5. The molecule has 1 aliphatic heterocycles. The Morgan fingerprint density at radius 3 is 2.24 bits per heavy atom. The van der Waals surface area contributed by atoms with E-state index in [1.54, 1.807) is 42.2 Å². The van der Waals surface area contributed by atoms with Gasteiger partial charge in [-0.3, -0.25) is 19.3 Å². The van der Waals surface area contributed by atoms with Crippen LogP contribution in [0.2, 0.25) is 0 Å². The first kappa shape index (κ1) is 31.0. The number of halogens is 1. The summed E-state index contributed by atoms with van der Waals surface area (Å²) < 4.78 is 20.6. The number of benzene rings is 3. The molecule has 1 aliphatic rings. The molecule has 0 radical (unpaired) electrons. The smallest absolute Gasteiger partial charge is 0.251 e. The van der Waals surface area contributed by atoms with E-state index in [1.165, 1.54) is 12.1 Å². The lowest BCUT2D eigenvalue weighted by molar-refractivity contribution is -0.130. The largest absolute Gasteiger partial charge is 0.484 e. The number of piperazine rings is 1. The Morgan fingerprint density at radius 2 is 1.71 bits per heavy atom. The minimum atomic E-state index is -0.629. The number of carbonyl (C=O) groups is 3. The Hall–Kier alpha value is -4.50. The number of nitrogens with zero attached hydrogens (tertiary/aromatic N) is 2. The lowest BCUT2D eigenvalue weighted by Crippen LogP contribution is -2.54. The molecule has 0 spiro atoms. The molecule has 41 heavy (non-hydrogen) atoms. The summed E-state index contributed by atoms with van der Waals surface area (Å²) in [4.78, 5) is 39.0. The molecule has 0 saturated carbocycles. The van der Waals surface area contributed by atoms with Crippen molar-refractivity contribution >= 4 is 17.7 Å². The van der Waals surface area contributed by atoms with Gasteiger partial charge in [-0.2, -0.15) is 0 Å². The number of nitrogens with two attached hydrogens (primary N) is 1. The minimum Gasteiger partial charge on any atom is -0.484 e. The molecule has 3 N–H and O–H groups in total. The van der Waals surface area contributed by atoms with Crippen molar-refractivity contribution in [3.63, 3.8) is 0 Å². The highest BCUT2D eigenvalue weighted by molar-refractivity contribution is 5.96. The lowest BCUT2D eigenvalue weighted by atomic mass is 10.0. The average Bonchev–Trinajstić information content (AvgIpc) is 2.98. The van der Waals surface area contributed by atoms with Gasteiger partial charge in [0.2, 0.25) is 11.8 Å². The molecule has 1 saturated heterocycles. The first-order valence-electron chi connectivity index (χ1n) is 13.4. The van der Waals surface area contributed by atoms with Crippen LogP contribution in [0.3, 0.4) is 0 Å². The van der Waals surface area contributed by atoms with Crippen LogP contribution in [-0.4, -0.2) is 66.3 Å². The van der Waals surface area contributed by atoms with Gasteiger partial charge in [0.25, 0.3) is 5.91 Å². The molecular weight excluding hydrogens is 523 g/mol. The van der Waals surface area contributed by atoms with E-state index in [-0.39, 0.29) is 24.3 Å².